The Labute approximate surface area is 183 Å². The summed E-state index contributed by atoms with van der Waals surface area (Å²) < 4.78 is 13.8. The van der Waals surface area contributed by atoms with Crippen LogP contribution in [0.15, 0.2) is 103 Å². The molecule has 4 nitrogen and oxygen atoms in total. The van der Waals surface area contributed by atoms with Gasteiger partial charge in [-0.25, -0.2) is 4.68 Å². The largest absolute Gasteiger partial charge is 0.487 e. The summed E-state index contributed by atoms with van der Waals surface area (Å²) >= 11 is 0. The molecule has 0 atom stereocenters. The van der Waals surface area contributed by atoms with Gasteiger partial charge in [-0.3, -0.25) is 0 Å². The van der Waals surface area contributed by atoms with Gasteiger partial charge in [0.25, 0.3) is 0 Å². The predicted molar refractivity (Wildman–Crippen MR) is 121 cm³/mol. The van der Waals surface area contributed by atoms with Crippen molar-refractivity contribution in [3.8, 4) is 5.75 Å². The second-order valence-electron chi connectivity index (χ2n) is 7.86. The number of nitrogens with zero attached hydrogens (tertiary/aromatic N) is 2. The van der Waals surface area contributed by atoms with E-state index in [1.807, 2.05) is 35.3 Å². The Bertz CT molecular complexity index is 991. The molecule has 1 aromatic heterocycles. The fourth-order valence-corrected chi connectivity index (χ4v) is 4.47. The van der Waals surface area contributed by atoms with Crippen LogP contribution in [0.4, 0.5) is 0 Å². The maximum Gasteiger partial charge on any atom is 0.157 e. The highest BCUT2D eigenvalue weighted by atomic mass is 16.5. The summed E-state index contributed by atoms with van der Waals surface area (Å²) in [4.78, 5) is 0. The Balaban J connectivity index is 1.67. The first kappa shape index (κ1) is 19.6. The van der Waals surface area contributed by atoms with Crippen LogP contribution in [0, 0.1) is 0 Å². The molecule has 3 aromatic carbocycles. The highest BCUT2D eigenvalue weighted by molar-refractivity contribution is 5.50. The summed E-state index contributed by atoms with van der Waals surface area (Å²) in [5.41, 5.74) is 2.83. The molecular formula is C27H26N2O2. The van der Waals surface area contributed by atoms with Crippen molar-refractivity contribution in [3.63, 3.8) is 0 Å². The zero-order valence-corrected chi connectivity index (χ0v) is 17.4. The van der Waals surface area contributed by atoms with Crippen molar-refractivity contribution >= 4 is 0 Å². The van der Waals surface area contributed by atoms with Gasteiger partial charge in [0.2, 0.25) is 0 Å². The Morgan fingerprint density at radius 1 is 0.742 bits per heavy atom. The average Bonchev–Trinajstić information content (AvgIpc) is 3.31. The van der Waals surface area contributed by atoms with Gasteiger partial charge in [-0.2, -0.15) is 5.10 Å². The molecule has 1 saturated heterocycles. The van der Waals surface area contributed by atoms with E-state index in [4.69, 9.17) is 14.6 Å². The molecule has 1 aliphatic rings. The summed E-state index contributed by atoms with van der Waals surface area (Å²) in [6, 6.07) is 31.6. The van der Waals surface area contributed by atoms with Crippen LogP contribution in [-0.2, 0) is 10.3 Å². The maximum atomic E-state index is 6.28. The standard InChI is InChI=1S/C27H26N2O2/c1-4-10-22(11-5-1)27(23-12-6-2-7-13-23,24-14-8-3-9-15-24)29-21-26(20-28-29)31-25-16-18-30-19-17-25/h1-15,20-21,25H,16-19H2. The number of benzene rings is 3. The summed E-state index contributed by atoms with van der Waals surface area (Å²) in [7, 11) is 0. The quantitative estimate of drug-likeness (QED) is 0.406. The summed E-state index contributed by atoms with van der Waals surface area (Å²) in [6.07, 6.45) is 5.85. The molecule has 5 rings (SSSR count). The lowest BCUT2D eigenvalue weighted by Crippen LogP contribution is -2.38. The van der Waals surface area contributed by atoms with Gasteiger partial charge in [-0.05, 0) is 16.7 Å². The maximum absolute atomic E-state index is 6.28. The summed E-state index contributed by atoms with van der Waals surface area (Å²) in [5, 5.41) is 4.84. The van der Waals surface area contributed by atoms with Crippen LogP contribution < -0.4 is 4.74 Å². The molecule has 1 fully saturated rings. The highest BCUT2D eigenvalue weighted by Crippen LogP contribution is 2.41. The minimum Gasteiger partial charge on any atom is -0.487 e. The number of ether oxygens (including phenoxy) is 2. The molecular weight excluding hydrogens is 384 g/mol. The lowest BCUT2D eigenvalue weighted by atomic mass is 9.77. The number of hydrogen-bond acceptors (Lipinski definition) is 3. The van der Waals surface area contributed by atoms with Crippen LogP contribution in [0.1, 0.15) is 29.5 Å². The van der Waals surface area contributed by atoms with E-state index in [9.17, 15) is 0 Å². The third-order valence-corrected chi connectivity index (χ3v) is 5.95. The third kappa shape index (κ3) is 3.75. The Morgan fingerprint density at radius 3 is 1.71 bits per heavy atom. The van der Waals surface area contributed by atoms with E-state index in [0.29, 0.717) is 0 Å². The zero-order valence-electron chi connectivity index (χ0n) is 17.4. The third-order valence-electron chi connectivity index (χ3n) is 5.95. The van der Waals surface area contributed by atoms with Crippen molar-refractivity contribution in [2.24, 2.45) is 0 Å². The smallest absolute Gasteiger partial charge is 0.157 e. The molecule has 31 heavy (non-hydrogen) atoms. The SMILES string of the molecule is c1ccc(C(c2ccccc2)(c2ccccc2)n2cc(OC3CCOCC3)cn2)cc1. The molecule has 2 heterocycles. The van der Waals surface area contributed by atoms with Crippen LogP contribution in [0.2, 0.25) is 0 Å². The molecule has 4 heteroatoms. The molecule has 0 aliphatic carbocycles. The van der Waals surface area contributed by atoms with Crippen LogP contribution in [0.25, 0.3) is 0 Å². The molecule has 0 amide bonds. The van der Waals surface area contributed by atoms with Gasteiger partial charge in [0.05, 0.1) is 25.6 Å². The topological polar surface area (TPSA) is 36.3 Å². The van der Waals surface area contributed by atoms with Crippen LogP contribution in [0.3, 0.4) is 0 Å². The molecule has 0 unspecified atom stereocenters. The molecule has 0 bridgehead atoms. The van der Waals surface area contributed by atoms with Gasteiger partial charge < -0.3 is 9.47 Å². The first-order chi connectivity index (χ1) is 15.4. The number of aromatic nitrogens is 2. The van der Waals surface area contributed by atoms with Crippen molar-refractivity contribution < 1.29 is 9.47 Å². The van der Waals surface area contributed by atoms with Crippen molar-refractivity contribution in [1.82, 2.24) is 9.78 Å². The van der Waals surface area contributed by atoms with E-state index >= 15 is 0 Å². The van der Waals surface area contributed by atoms with E-state index < -0.39 is 5.54 Å². The Kier molecular flexibility index (Phi) is 5.55. The minimum atomic E-state index is -0.610. The predicted octanol–water partition coefficient (Wildman–Crippen LogP) is 5.28. The van der Waals surface area contributed by atoms with E-state index in [1.54, 1.807) is 0 Å². The van der Waals surface area contributed by atoms with Crippen molar-refractivity contribution in [2.75, 3.05) is 13.2 Å². The van der Waals surface area contributed by atoms with E-state index in [0.717, 1.165) is 48.5 Å². The molecule has 1 aliphatic heterocycles. The summed E-state index contributed by atoms with van der Waals surface area (Å²) in [5.74, 6) is 0.791. The molecule has 156 valence electrons. The van der Waals surface area contributed by atoms with Crippen LogP contribution in [-0.4, -0.2) is 29.1 Å². The zero-order chi connectivity index (χ0) is 20.9. The molecule has 0 spiro atoms. The van der Waals surface area contributed by atoms with E-state index in [2.05, 4.69) is 72.8 Å². The van der Waals surface area contributed by atoms with E-state index in [1.165, 1.54) is 0 Å². The van der Waals surface area contributed by atoms with Gasteiger partial charge in [0, 0.05) is 12.8 Å². The Hall–Kier alpha value is -3.37. The van der Waals surface area contributed by atoms with Gasteiger partial charge >= 0.3 is 0 Å². The van der Waals surface area contributed by atoms with Gasteiger partial charge in [-0.15, -0.1) is 0 Å². The normalized spacial score (nSPS) is 15.0. The molecule has 0 radical (unpaired) electrons. The van der Waals surface area contributed by atoms with Crippen molar-refractivity contribution in [3.05, 3.63) is 120 Å². The van der Waals surface area contributed by atoms with Crippen LogP contribution >= 0.6 is 0 Å². The fourth-order valence-electron chi connectivity index (χ4n) is 4.47. The van der Waals surface area contributed by atoms with Crippen LogP contribution in [0.5, 0.6) is 5.75 Å². The highest BCUT2D eigenvalue weighted by Gasteiger charge is 2.39. The van der Waals surface area contributed by atoms with Gasteiger partial charge in [-0.1, -0.05) is 91.0 Å². The van der Waals surface area contributed by atoms with Crippen molar-refractivity contribution in [2.45, 2.75) is 24.5 Å². The van der Waals surface area contributed by atoms with E-state index in [-0.39, 0.29) is 6.10 Å². The first-order valence-corrected chi connectivity index (χ1v) is 10.8. The second kappa shape index (κ2) is 8.78. The molecule has 0 saturated carbocycles. The number of rotatable bonds is 6. The monoisotopic (exact) mass is 410 g/mol. The first-order valence-electron chi connectivity index (χ1n) is 10.8. The Morgan fingerprint density at radius 2 is 1.23 bits per heavy atom. The fraction of sp³-hybridized carbons (Fsp3) is 0.222. The lowest BCUT2D eigenvalue weighted by molar-refractivity contribution is 0.0255. The van der Waals surface area contributed by atoms with Gasteiger partial charge in [0.1, 0.15) is 11.6 Å². The molecule has 0 N–H and O–H groups in total. The summed E-state index contributed by atoms with van der Waals surface area (Å²) in [6.45, 7) is 1.50. The lowest BCUT2D eigenvalue weighted by Gasteiger charge is -2.36. The average molecular weight is 411 g/mol. The molecule has 4 aromatic rings. The van der Waals surface area contributed by atoms with Crippen molar-refractivity contribution in [1.29, 1.82) is 0 Å². The minimum absolute atomic E-state index is 0.172. The second-order valence-corrected chi connectivity index (χ2v) is 7.86. The number of hydrogen-bond donors (Lipinski definition) is 0. The van der Waals surface area contributed by atoms with Gasteiger partial charge in [0.15, 0.2) is 5.75 Å².